The van der Waals surface area contributed by atoms with Crippen molar-refractivity contribution in [1.29, 1.82) is 0 Å². The van der Waals surface area contributed by atoms with Crippen molar-refractivity contribution in [2.45, 2.75) is 32.4 Å². The molecule has 1 aromatic rings. The summed E-state index contributed by atoms with van der Waals surface area (Å²) in [5, 5.41) is 0.785. The van der Waals surface area contributed by atoms with E-state index >= 15 is 0 Å². The average Bonchev–Trinajstić information content (AvgIpc) is 2.36. The number of hydrogen-bond donors (Lipinski definition) is 1. The Morgan fingerprint density at radius 2 is 2.22 bits per heavy atom. The fourth-order valence-electron chi connectivity index (χ4n) is 2.55. The van der Waals surface area contributed by atoms with Crippen LogP contribution in [0.1, 0.15) is 25.3 Å². The van der Waals surface area contributed by atoms with Gasteiger partial charge in [-0.15, -0.1) is 0 Å². The Hall–Kier alpha value is -0.0900. The standard InChI is InChI=1S/C14H20BrClN2/c1-10-2-3-12(7-17)9-18(10)8-11-4-5-13(15)14(16)6-11/h4-6,10,12H,2-3,7-9,17H2,1H3. The second kappa shape index (κ2) is 6.38. The van der Waals surface area contributed by atoms with Crippen LogP contribution >= 0.6 is 27.5 Å². The Bertz CT molecular complexity index is 411. The Balaban J connectivity index is 2.04. The van der Waals surface area contributed by atoms with Crippen LogP contribution in [-0.2, 0) is 6.54 Å². The van der Waals surface area contributed by atoms with E-state index in [2.05, 4.69) is 33.8 Å². The molecule has 0 amide bonds. The van der Waals surface area contributed by atoms with E-state index in [9.17, 15) is 0 Å². The first-order valence-corrected chi connectivity index (χ1v) is 7.65. The second-order valence-electron chi connectivity index (χ2n) is 5.21. The average molecular weight is 332 g/mol. The summed E-state index contributed by atoms with van der Waals surface area (Å²) in [6.07, 6.45) is 2.50. The van der Waals surface area contributed by atoms with Gasteiger partial charge in [-0.05, 0) is 65.9 Å². The van der Waals surface area contributed by atoms with E-state index in [1.807, 2.05) is 12.1 Å². The van der Waals surface area contributed by atoms with Crippen LogP contribution in [0, 0.1) is 5.92 Å². The predicted molar refractivity (Wildman–Crippen MR) is 80.8 cm³/mol. The van der Waals surface area contributed by atoms with Crippen molar-refractivity contribution >= 4 is 27.5 Å². The number of nitrogens with zero attached hydrogens (tertiary/aromatic N) is 1. The lowest BCUT2D eigenvalue weighted by atomic mass is 9.93. The van der Waals surface area contributed by atoms with Gasteiger partial charge < -0.3 is 5.73 Å². The van der Waals surface area contributed by atoms with Crippen molar-refractivity contribution in [3.8, 4) is 0 Å². The van der Waals surface area contributed by atoms with Gasteiger partial charge in [-0.1, -0.05) is 17.7 Å². The Morgan fingerprint density at radius 1 is 1.44 bits per heavy atom. The summed E-state index contributed by atoms with van der Waals surface area (Å²) in [4.78, 5) is 2.51. The quantitative estimate of drug-likeness (QED) is 0.916. The first-order chi connectivity index (χ1) is 8.60. The van der Waals surface area contributed by atoms with Crippen LogP contribution in [0.15, 0.2) is 22.7 Å². The van der Waals surface area contributed by atoms with Gasteiger partial charge in [0.2, 0.25) is 0 Å². The van der Waals surface area contributed by atoms with Crippen molar-refractivity contribution in [3.63, 3.8) is 0 Å². The summed E-state index contributed by atoms with van der Waals surface area (Å²) >= 11 is 9.56. The molecule has 2 nitrogen and oxygen atoms in total. The van der Waals surface area contributed by atoms with E-state index < -0.39 is 0 Å². The number of rotatable bonds is 3. The minimum absolute atomic E-state index is 0.634. The molecule has 1 aliphatic heterocycles. The molecule has 100 valence electrons. The number of halogens is 2. The van der Waals surface area contributed by atoms with Crippen LogP contribution in [0.4, 0.5) is 0 Å². The molecular formula is C14H20BrClN2. The van der Waals surface area contributed by atoms with Gasteiger partial charge in [0, 0.05) is 23.6 Å². The number of likely N-dealkylation sites (tertiary alicyclic amines) is 1. The van der Waals surface area contributed by atoms with E-state index in [1.165, 1.54) is 18.4 Å². The largest absolute Gasteiger partial charge is 0.330 e. The molecule has 0 aromatic heterocycles. The van der Waals surface area contributed by atoms with Crippen LogP contribution < -0.4 is 5.73 Å². The van der Waals surface area contributed by atoms with Gasteiger partial charge in [0.15, 0.2) is 0 Å². The Morgan fingerprint density at radius 3 is 2.89 bits per heavy atom. The molecule has 1 aromatic carbocycles. The molecule has 1 saturated heterocycles. The van der Waals surface area contributed by atoms with Gasteiger partial charge in [0.1, 0.15) is 0 Å². The van der Waals surface area contributed by atoms with Crippen molar-refractivity contribution in [1.82, 2.24) is 4.90 Å². The third kappa shape index (κ3) is 3.47. The fourth-order valence-corrected chi connectivity index (χ4v) is 3.00. The molecule has 2 unspecified atom stereocenters. The second-order valence-corrected chi connectivity index (χ2v) is 6.47. The molecular weight excluding hydrogens is 312 g/mol. The lowest BCUT2D eigenvalue weighted by Crippen LogP contribution is -2.43. The van der Waals surface area contributed by atoms with Gasteiger partial charge in [-0.2, -0.15) is 0 Å². The zero-order chi connectivity index (χ0) is 13.1. The smallest absolute Gasteiger partial charge is 0.0551 e. The monoisotopic (exact) mass is 330 g/mol. The summed E-state index contributed by atoms with van der Waals surface area (Å²) in [5.41, 5.74) is 7.07. The molecule has 0 bridgehead atoms. The van der Waals surface area contributed by atoms with Gasteiger partial charge in [-0.3, -0.25) is 4.90 Å². The molecule has 1 fully saturated rings. The van der Waals surface area contributed by atoms with Crippen LogP contribution in [0.5, 0.6) is 0 Å². The van der Waals surface area contributed by atoms with Crippen LogP contribution in [0.3, 0.4) is 0 Å². The zero-order valence-electron chi connectivity index (χ0n) is 10.7. The van der Waals surface area contributed by atoms with Crippen molar-refractivity contribution < 1.29 is 0 Å². The van der Waals surface area contributed by atoms with Crippen LogP contribution in [-0.4, -0.2) is 24.0 Å². The number of benzene rings is 1. The van der Waals surface area contributed by atoms with Gasteiger partial charge >= 0.3 is 0 Å². The molecule has 0 spiro atoms. The molecule has 2 atom stereocenters. The van der Waals surface area contributed by atoms with Crippen molar-refractivity contribution in [3.05, 3.63) is 33.3 Å². The summed E-state index contributed by atoms with van der Waals surface area (Å²) < 4.78 is 0.958. The highest BCUT2D eigenvalue weighted by Gasteiger charge is 2.24. The number of hydrogen-bond acceptors (Lipinski definition) is 2. The molecule has 2 N–H and O–H groups in total. The molecule has 0 aliphatic carbocycles. The maximum absolute atomic E-state index is 6.14. The van der Waals surface area contributed by atoms with Gasteiger partial charge in [0.25, 0.3) is 0 Å². The highest BCUT2D eigenvalue weighted by Crippen LogP contribution is 2.26. The van der Waals surface area contributed by atoms with Crippen LogP contribution in [0.2, 0.25) is 5.02 Å². The van der Waals surface area contributed by atoms with E-state index in [-0.39, 0.29) is 0 Å². The SMILES string of the molecule is CC1CCC(CN)CN1Cc1ccc(Br)c(Cl)c1. The lowest BCUT2D eigenvalue weighted by molar-refractivity contribution is 0.113. The van der Waals surface area contributed by atoms with E-state index in [1.54, 1.807) is 0 Å². The molecule has 2 rings (SSSR count). The fraction of sp³-hybridized carbons (Fsp3) is 0.571. The predicted octanol–water partition coefficient (Wildman–Crippen LogP) is 3.66. The highest BCUT2D eigenvalue weighted by atomic mass is 79.9. The van der Waals surface area contributed by atoms with Gasteiger partial charge in [-0.25, -0.2) is 0 Å². The molecule has 0 radical (unpaired) electrons. The number of piperidine rings is 1. The first-order valence-electron chi connectivity index (χ1n) is 6.48. The maximum Gasteiger partial charge on any atom is 0.0551 e. The maximum atomic E-state index is 6.14. The summed E-state index contributed by atoms with van der Waals surface area (Å²) in [7, 11) is 0. The highest BCUT2D eigenvalue weighted by molar-refractivity contribution is 9.10. The third-order valence-electron chi connectivity index (χ3n) is 3.81. The first kappa shape index (κ1) is 14.3. The van der Waals surface area contributed by atoms with E-state index in [0.717, 1.165) is 29.1 Å². The minimum atomic E-state index is 0.634. The summed E-state index contributed by atoms with van der Waals surface area (Å²) in [5.74, 6) is 0.645. The molecule has 1 heterocycles. The minimum Gasteiger partial charge on any atom is -0.330 e. The number of nitrogens with two attached hydrogens (primary N) is 1. The normalized spacial score (nSPS) is 25.3. The van der Waals surface area contributed by atoms with Crippen molar-refractivity contribution in [2.75, 3.05) is 13.1 Å². The molecule has 0 saturated carbocycles. The van der Waals surface area contributed by atoms with Crippen molar-refractivity contribution in [2.24, 2.45) is 11.7 Å². The topological polar surface area (TPSA) is 29.3 Å². The Kier molecular flexibility index (Phi) is 5.07. The van der Waals surface area contributed by atoms with E-state index in [0.29, 0.717) is 12.0 Å². The zero-order valence-corrected chi connectivity index (χ0v) is 13.0. The molecule has 18 heavy (non-hydrogen) atoms. The van der Waals surface area contributed by atoms with E-state index in [4.69, 9.17) is 17.3 Å². The molecule has 1 aliphatic rings. The lowest BCUT2D eigenvalue weighted by Gasteiger charge is -2.37. The van der Waals surface area contributed by atoms with Gasteiger partial charge in [0.05, 0.1) is 5.02 Å². The van der Waals surface area contributed by atoms with Crippen LogP contribution in [0.25, 0.3) is 0 Å². The Labute approximate surface area is 123 Å². The molecule has 4 heteroatoms. The third-order valence-corrected chi connectivity index (χ3v) is 5.04. The summed E-state index contributed by atoms with van der Waals surface area (Å²) in [6.45, 7) is 5.16. The summed E-state index contributed by atoms with van der Waals surface area (Å²) in [6, 6.07) is 6.83.